The number of methoxy groups -OCH3 is 1. The molecule has 0 saturated heterocycles. The van der Waals surface area contributed by atoms with Crippen LogP contribution in [0.2, 0.25) is 0 Å². The van der Waals surface area contributed by atoms with Crippen LogP contribution in [-0.2, 0) is 4.74 Å². The van der Waals surface area contributed by atoms with Gasteiger partial charge in [-0.25, -0.2) is 4.98 Å². The van der Waals surface area contributed by atoms with E-state index < -0.39 is 0 Å². The summed E-state index contributed by atoms with van der Waals surface area (Å²) in [6.45, 7) is 2.73. The quantitative estimate of drug-likeness (QED) is 0.701. The van der Waals surface area contributed by atoms with E-state index in [9.17, 15) is 0 Å². The van der Waals surface area contributed by atoms with Gasteiger partial charge in [-0.15, -0.1) is 0 Å². The van der Waals surface area contributed by atoms with Crippen LogP contribution < -0.4 is 10.6 Å². The molecule has 1 heterocycles. The average Bonchev–Trinajstić information content (AvgIpc) is 2.63. The van der Waals surface area contributed by atoms with Gasteiger partial charge in [0.05, 0.1) is 34.5 Å². The molecule has 0 aliphatic rings. The highest BCUT2D eigenvalue weighted by atomic mass is 16.5. The molecule has 5 nitrogen and oxygen atoms in total. The summed E-state index contributed by atoms with van der Waals surface area (Å²) in [5.74, 6) is 0. The zero-order chi connectivity index (χ0) is 17.1. The van der Waals surface area contributed by atoms with Crippen LogP contribution in [-0.4, -0.2) is 31.8 Å². The lowest BCUT2D eigenvalue weighted by Crippen LogP contribution is -2.18. The van der Waals surface area contributed by atoms with E-state index in [0.717, 1.165) is 33.2 Å². The summed E-state index contributed by atoms with van der Waals surface area (Å²) >= 11 is 0. The summed E-state index contributed by atoms with van der Waals surface area (Å²) < 4.78 is 5.31. The van der Waals surface area contributed by atoms with Crippen molar-refractivity contribution >= 4 is 33.2 Å². The molecule has 0 radical (unpaired) electrons. The molecule has 3 rings (SSSR count). The molecule has 0 spiro atoms. The minimum atomic E-state index is 0.116. The summed E-state index contributed by atoms with van der Waals surface area (Å²) in [5.41, 5.74) is 4.33. The molecule has 0 aliphatic carbocycles. The van der Waals surface area contributed by atoms with Crippen molar-refractivity contribution in [1.29, 1.82) is 5.26 Å². The summed E-state index contributed by atoms with van der Waals surface area (Å²) in [4.78, 5) is 4.74. The Labute approximate surface area is 141 Å². The molecule has 0 bridgehead atoms. The van der Waals surface area contributed by atoms with E-state index in [1.54, 1.807) is 7.11 Å². The van der Waals surface area contributed by atoms with Gasteiger partial charge in [-0.05, 0) is 37.3 Å². The standard InChI is InChI=1S/C19H20N4O/c1-12(24-3)11-22-15-5-4-6-16-18(15)19(21-2)14-8-7-13(10-20)9-17(14)23-16/h4-9,12,22H,11H2,1-3H3,(H,21,23). The Morgan fingerprint density at radius 3 is 2.79 bits per heavy atom. The van der Waals surface area contributed by atoms with E-state index in [4.69, 9.17) is 15.0 Å². The fraction of sp³-hybridized carbons (Fsp3) is 0.263. The first-order valence-corrected chi connectivity index (χ1v) is 7.89. The molecule has 5 heteroatoms. The van der Waals surface area contributed by atoms with Crippen LogP contribution in [0, 0.1) is 11.3 Å². The van der Waals surface area contributed by atoms with Gasteiger partial charge in [-0.3, -0.25) is 0 Å². The lowest BCUT2D eigenvalue weighted by molar-refractivity contribution is 0.129. The normalized spacial score (nSPS) is 12.1. The van der Waals surface area contributed by atoms with Gasteiger partial charge in [0.15, 0.2) is 0 Å². The number of benzene rings is 2. The van der Waals surface area contributed by atoms with Gasteiger partial charge >= 0.3 is 0 Å². The van der Waals surface area contributed by atoms with Crippen molar-refractivity contribution in [3.8, 4) is 6.07 Å². The van der Waals surface area contributed by atoms with E-state index in [0.29, 0.717) is 12.1 Å². The third-order valence-electron chi connectivity index (χ3n) is 4.16. The molecule has 0 fully saturated rings. The van der Waals surface area contributed by atoms with Crippen molar-refractivity contribution in [2.45, 2.75) is 13.0 Å². The van der Waals surface area contributed by atoms with Gasteiger partial charge in [0.25, 0.3) is 0 Å². The molecule has 24 heavy (non-hydrogen) atoms. The van der Waals surface area contributed by atoms with Gasteiger partial charge in [0.1, 0.15) is 0 Å². The van der Waals surface area contributed by atoms with Gasteiger partial charge in [0, 0.05) is 37.2 Å². The maximum atomic E-state index is 9.11. The molecule has 3 aromatic rings. The number of nitrogens with one attached hydrogen (secondary N) is 2. The SMILES string of the molecule is CNc1c2ccc(C#N)cc2nc2cccc(NCC(C)OC)c12. The first-order valence-electron chi connectivity index (χ1n) is 7.89. The third-order valence-corrected chi connectivity index (χ3v) is 4.16. The number of hydrogen-bond donors (Lipinski definition) is 2. The minimum absolute atomic E-state index is 0.116. The highest BCUT2D eigenvalue weighted by Crippen LogP contribution is 2.35. The summed E-state index contributed by atoms with van der Waals surface area (Å²) in [5, 5.41) is 17.9. The Morgan fingerprint density at radius 1 is 1.25 bits per heavy atom. The van der Waals surface area contributed by atoms with Crippen LogP contribution in [0.25, 0.3) is 21.8 Å². The lowest BCUT2D eigenvalue weighted by Gasteiger charge is -2.17. The van der Waals surface area contributed by atoms with Crippen LogP contribution in [0.15, 0.2) is 36.4 Å². The Bertz CT molecular complexity index is 930. The van der Waals surface area contributed by atoms with Crippen LogP contribution in [0.4, 0.5) is 11.4 Å². The number of hydrogen-bond acceptors (Lipinski definition) is 5. The monoisotopic (exact) mass is 320 g/mol. The van der Waals surface area contributed by atoms with Gasteiger partial charge in [-0.2, -0.15) is 5.26 Å². The van der Waals surface area contributed by atoms with E-state index in [2.05, 4.69) is 16.7 Å². The van der Waals surface area contributed by atoms with Crippen molar-refractivity contribution in [3.05, 3.63) is 42.0 Å². The molecule has 1 atom stereocenters. The Kier molecular flexibility index (Phi) is 4.50. The summed E-state index contributed by atoms with van der Waals surface area (Å²) in [7, 11) is 3.61. The van der Waals surface area contributed by atoms with Gasteiger partial charge in [-0.1, -0.05) is 6.07 Å². The average molecular weight is 320 g/mol. The van der Waals surface area contributed by atoms with Crippen LogP contribution in [0.3, 0.4) is 0 Å². The molecule has 122 valence electrons. The molecule has 1 unspecified atom stereocenters. The number of nitriles is 1. The number of ether oxygens (including phenoxy) is 1. The second kappa shape index (κ2) is 6.73. The number of fused-ring (bicyclic) bond motifs is 2. The number of rotatable bonds is 5. The molecular weight excluding hydrogens is 300 g/mol. The van der Waals surface area contributed by atoms with E-state index in [1.165, 1.54) is 0 Å². The van der Waals surface area contributed by atoms with Crippen molar-refractivity contribution in [2.75, 3.05) is 31.3 Å². The maximum absolute atomic E-state index is 9.11. The molecule has 2 aromatic carbocycles. The number of pyridine rings is 1. The molecule has 0 amide bonds. The topological polar surface area (TPSA) is 70.0 Å². The number of anilines is 2. The molecular formula is C19H20N4O. The number of aromatic nitrogens is 1. The smallest absolute Gasteiger partial charge is 0.0992 e. The van der Waals surface area contributed by atoms with Crippen molar-refractivity contribution in [1.82, 2.24) is 4.98 Å². The zero-order valence-corrected chi connectivity index (χ0v) is 14.1. The third kappa shape index (κ3) is 2.84. The van der Waals surface area contributed by atoms with E-state index in [1.807, 2.05) is 50.4 Å². The Hall–Kier alpha value is -2.84. The van der Waals surface area contributed by atoms with E-state index in [-0.39, 0.29) is 6.10 Å². The largest absolute Gasteiger partial charge is 0.387 e. The second-order valence-electron chi connectivity index (χ2n) is 5.71. The first kappa shape index (κ1) is 16.0. The fourth-order valence-electron chi connectivity index (χ4n) is 2.81. The summed E-state index contributed by atoms with van der Waals surface area (Å²) in [6, 6.07) is 13.8. The zero-order valence-electron chi connectivity index (χ0n) is 14.1. The summed E-state index contributed by atoms with van der Waals surface area (Å²) in [6.07, 6.45) is 0.116. The van der Waals surface area contributed by atoms with Crippen molar-refractivity contribution in [2.24, 2.45) is 0 Å². The van der Waals surface area contributed by atoms with E-state index >= 15 is 0 Å². The highest BCUT2D eigenvalue weighted by molar-refractivity contribution is 6.12. The lowest BCUT2D eigenvalue weighted by atomic mass is 10.0. The fourth-order valence-corrected chi connectivity index (χ4v) is 2.81. The molecule has 0 saturated carbocycles. The van der Waals surface area contributed by atoms with Crippen molar-refractivity contribution < 1.29 is 4.74 Å². The Balaban J connectivity index is 2.21. The van der Waals surface area contributed by atoms with Gasteiger partial charge < -0.3 is 15.4 Å². The molecule has 1 aromatic heterocycles. The van der Waals surface area contributed by atoms with Crippen LogP contribution >= 0.6 is 0 Å². The first-order chi connectivity index (χ1) is 11.7. The maximum Gasteiger partial charge on any atom is 0.0992 e. The number of nitrogens with zero attached hydrogens (tertiary/aromatic N) is 2. The Morgan fingerprint density at radius 2 is 2.08 bits per heavy atom. The van der Waals surface area contributed by atoms with Crippen molar-refractivity contribution in [3.63, 3.8) is 0 Å². The highest BCUT2D eigenvalue weighted by Gasteiger charge is 2.12. The second-order valence-corrected chi connectivity index (χ2v) is 5.71. The molecule has 2 N–H and O–H groups in total. The predicted octanol–water partition coefficient (Wildman–Crippen LogP) is 3.75. The van der Waals surface area contributed by atoms with Crippen LogP contribution in [0.1, 0.15) is 12.5 Å². The minimum Gasteiger partial charge on any atom is -0.387 e. The molecule has 0 aliphatic heterocycles. The van der Waals surface area contributed by atoms with Gasteiger partial charge in [0.2, 0.25) is 0 Å². The van der Waals surface area contributed by atoms with Crippen LogP contribution in [0.5, 0.6) is 0 Å². The predicted molar refractivity (Wildman–Crippen MR) is 98.5 cm³/mol.